The third-order valence-electron chi connectivity index (χ3n) is 3.08. The summed E-state index contributed by atoms with van der Waals surface area (Å²) in [5, 5.41) is 3.39. The van der Waals surface area contributed by atoms with Gasteiger partial charge in [-0.2, -0.15) is 0 Å². The van der Waals surface area contributed by atoms with Gasteiger partial charge in [-0.25, -0.2) is 0 Å². The number of nitrogens with one attached hydrogen (secondary N) is 1. The van der Waals surface area contributed by atoms with Crippen LogP contribution in [0.25, 0.3) is 0 Å². The van der Waals surface area contributed by atoms with Gasteiger partial charge in [0, 0.05) is 37.8 Å². The van der Waals surface area contributed by atoms with E-state index < -0.39 is 0 Å². The van der Waals surface area contributed by atoms with Gasteiger partial charge in [-0.3, -0.25) is 4.90 Å². The van der Waals surface area contributed by atoms with Crippen LogP contribution in [0.4, 0.5) is 0 Å². The second kappa shape index (κ2) is 8.81. The molecule has 2 rings (SSSR count). The van der Waals surface area contributed by atoms with Gasteiger partial charge in [0.1, 0.15) is 0 Å². The van der Waals surface area contributed by atoms with Crippen LogP contribution < -0.4 is 5.32 Å². The van der Waals surface area contributed by atoms with Crippen molar-refractivity contribution in [3.05, 3.63) is 24.2 Å². The first-order valence-corrected chi connectivity index (χ1v) is 5.88. The van der Waals surface area contributed by atoms with E-state index in [1.54, 1.807) is 6.26 Å². The zero-order chi connectivity index (χ0) is 10.5. The number of piperazine rings is 1. The van der Waals surface area contributed by atoms with Gasteiger partial charge in [-0.1, -0.05) is 13.3 Å². The minimum atomic E-state index is 0. The van der Waals surface area contributed by atoms with Gasteiger partial charge in [0.25, 0.3) is 0 Å². The van der Waals surface area contributed by atoms with Crippen molar-refractivity contribution >= 4 is 24.8 Å². The van der Waals surface area contributed by atoms with Gasteiger partial charge in [-0.15, -0.1) is 24.8 Å². The van der Waals surface area contributed by atoms with Crippen molar-refractivity contribution in [2.75, 3.05) is 26.2 Å². The molecule has 1 fully saturated rings. The van der Waals surface area contributed by atoms with E-state index in [0.29, 0.717) is 6.04 Å². The van der Waals surface area contributed by atoms with Crippen molar-refractivity contribution < 1.29 is 4.42 Å². The van der Waals surface area contributed by atoms with E-state index in [2.05, 4.69) is 23.2 Å². The fourth-order valence-corrected chi connectivity index (χ4v) is 2.29. The highest BCUT2D eigenvalue weighted by atomic mass is 35.5. The van der Waals surface area contributed by atoms with Crippen LogP contribution in [0, 0.1) is 0 Å². The van der Waals surface area contributed by atoms with E-state index in [-0.39, 0.29) is 24.8 Å². The summed E-state index contributed by atoms with van der Waals surface area (Å²) in [4.78, 5) is 2.56. The van der Waals surface area contributed by atoms with Gasteiger partial charge >= 0.3 is 0 Å². The van der Waals surface area contributed by atoms with E-state index in [1.165, 1.54) is 18.4 Å². The summed E-state index contributed by atoms with van der Waals surface area (Å²) in [7, 11) is 0. The molecule has 17 heavy (non-hydrogen) atoms. The summed E-state index contributed by atoms with van der Waals surface area (Å²) in [6.45, 7) is 6.76. The monoisotopic (exact) mass is 280 g/mol. The van der Waals surface area contributed by atoms with Crippen LogP contribution in [-0.2, 0) is 0 Å². The summed E-state index contributed by atoms with van der Waals surface area (Å²) in [6.07, 6.45) is 6.11. The summed E-state index contributed by atoms with van der Waals surface area (Å²) < 4.78 is 5.19. The molecule has 0 amide bonds. The van der Waals surface area contributed by atoms with Crippen LogP contribution in [0.3, 0.4) is 0 Å². The molecule has 5 heteroatoms. The van der Waals surface area contributed by atoms with Gasteiger partial charge in [0.15, 0.2) is 0 Å². The zero-order valence-corrected chi connectivity index (χ0v) is 11.9. The maximum absolute atomic E-state index is 5.19. The quantitative estimate of drug-likeness (QED) is 0.920. The molecule has 1 aliphatic rings. The first-order chi connectivity index (χ1) is 7.42. The molecule has 0 saturated carbocycles. The fraction of sp³-hybridized carbons (Fsp3) is 0.667. The van der Waals surface area contributed by atoms with Crippen molar-refractivity contribution in [2.45, 2.75) is 25.8 Å². The number of hydrogen-bond acceptors (Lipinski definition) is 3. The summed E-state index contributed by atoms with van der Waals surface area (Å²) in [5.41, 5.74) is 1.33. The Hall–Kier alpha value is -0.220. The molecule has 0 spiro atoms. The van der Waals surface area contributed by atoms with Gasteiger partial charge in [0.05, 0.1) is 12.5 Å². The van der Waals surface area contributed by atoms with Crippen LogP contribution in [0.5, 0.6) is 0 Å². The van der Waals surface area contributed by atoms with Crippen LogP contribution >= 0.6 is 24.8 Å². The minimum Gasteiger partial charge on any atom is -0.472 e. The van der Waals surface area contributed by atoms with E-state index in [1.807, 2.05) is 6.26 Å². The molecule has 0 bridgehead atoms. The predicted molar refractivity (Wildman–Crippen MR) is 75.3 cm³/mol. The summed E-state index contributed by atoms with van der Waals surface area (Å²) >= 11 is 0. The molecular weight excluding hydrogens is 259 g/mol. The van der Waals surface area contributed by atoms with Gasteiger partial charge in [0.2, 0.25) is 0 Å². The first-order valence-electron chi connectivity index (χ1n) is 5.88. The molecule has 0 radical (unpaired) electrons. The molecule has 0 aliphatic carbocycles. The Bertz CT molecular complexity index is 274. The van der Waals surface area contributed by atoms with E-state index in [0.717, 1.165) is 26.2 Å². The highest BCUT2D eigenvalue weighted by Gasteiger charge is 2.21. The maximum atomic E-state index is 5.19. The predicted octanol–water partition coefficient (Wildman–Crippen LogP) is 2.87. The average Bonchev–Trinajstić information content (AvgIpc) is 2.80. The second-order valence-electron chi connectivity index (χ2n) is 4.15. The van der Waals surface area contributed by atoms with Crippen molar-refractivity contribution in [3.63, 3.8) is 0 Å². The zero-order valence-electron chi connectivity index (χ0n) is 10.2. The first kappa shape index (κ1) is 16.8. The van der Waals surface area contributed by atoms with Gasteiger partial charge < -0.3 is 9.73 Å². The minimum absolute atomic E-state index is 0. The second-order valence-corrected chi connectivity index (χ2v) is 4.15. The number of rotatable bonds is 4. The molecule has 1 N–H and O–H groups in total. The van der Waals surface area contributed by atoms with E-state index in [4.69, 9.17) is 4.42 Å². The Morgan fingerprint density at radius 3 is 2.59 bits per heavy atom. The maximum Gasteiger partial charge on any atom is 0.0950 e. The number of hydrogen-bond donors (Lipinski definition) is 1. The lowest BCUT2D eigenvalue weighted by Crippen LogP contribution is -2.45. The molecule has 0 unspecified atom stereocenters. The van der Waals surface area contributed by atoms with Crippen LogP contribution in [0.15, 0.2) is 23.0 Å². The number of halogens is 2. The van der Waals surface area contributed by atoms with Crippen molar-refractivity contribution in [3.8, 4) is 0 Å². The Kier molecular flexibility index (Phi) is 8.70. The van der Waals surface area contributed by atoms with E-state index in [9.17, 15) is 0 Å². The van der Waals surface area contributed by atoms with Crippen molar-refractivity contribution in [2.24, 2.45) is 0 Å². The normalized spacial score (nSPS) is 17.9. The Balaban J connectivity index is 0.00000128. The summed E-state index contributed by atoms with van der Waals surface area (Å²) in [5.74, 6) is 0. The molecule has 1 aromatic heterocycles. The lowest BCUT2D eigenvalue weighted by atomic mass is 10.0. The lowest BCUT2D eigenvalue weighted by molar-refractivity contribution is 0.164. The van der Waals surface area contributed by atoms with Gasteiger partial charge in [-0.05, 0) is 12.5 Å². The number of nitrogens with zero attached hydrogens (tertiary/aromatic N) is 1. The molecule has 2 heterocycles. The molecule has 3 nitrogen and oxygen atoms in total. The topological polar surface area (TPSA) is 28.4 Å². The average molecular weight is 281 g/mol. The van der Waals surface area contributed by atoms with Crippen molar-refractivity contribution in [1.29, 1.82) is 0 Å². The molecule has 0 aromatic carbocycles. The Morgan fingerprint density at radius 2 is 2.06 bits per heavy atom. The largest absolute Gasteiger partial charge is 0.472 e. The van der Waals surface area contributed by atoms with E-state index >= 15 is 0 Å². The van der Waals surface area contributed by atoms with Crippen LogP contribution in [0.1, 0.15) is 31.4 Å². The molecular formula is C12H22Cl2N2O. The fourth-order valence-electron chi connectivity index (χ4n) is 2.29. The molecule has 1 aromatic rings. The van der Waals surface area contributed by atoms with Crippen LogP contribution in [0.2, 0.25) is 0 Å². The highest BCUT2D eigenvalue weighted by molar-refractivity contribution is 5.85. The molecule has 1 atom stereocenters. The molecule has 1 saturated heterocycles. The van der Waals surface area contributed by atoms with Crippen LogP contribution in [-0.4, -0.2) is 31.1 Å². The Labute approximate surface area is 116 Å². The molecule has 100 valence electrons. The third kappa shape index (κ3) is 4.51. The third-order valence-corrected chi connectivity index (χ3v) is 3.08. The SMILES string of the molecule is CCC[C@H](c1ccoc1)N1CCNCC1.Cl.Cl. The highest BCUT2D eigenvalue weighted by Crippen LogP contribution is 2.26. The number of furan rings is 1. The standard InChI is InChI=1S/C12H20N2O.2ClH/c1-2-3-12(11-4-9-15-10-11)14-7-5-13-6-8-14;;/h4,9-10,12-13H,2-3,5-8H2,1H3;2*1H/t12-;;/m1../s1. The smallest absolute Gasteiger partial charge is 0.0950 e. The molecule has 1 aliphatic heterocycles. The van der Waals surface area contributed by atoms with Crippen molar-refractivity contribution in [1.82, 2.24) is 10.2 Å². The Morgan fingerprint density at radius 1 is 1.35 bits per heavy atom. The summed E-state index contributed by atoms with van der Waals surface area (Å²) in [6, 6.07) is 2.65. The lowest BCUT2D eigenvalue weighted by Gasteiger charge is -2.34.